The van der Waals surface area contributed by atoms with Gasteiger partial charge in [-0.3, -0.25) is 9.78 Å². The number of rotatable bonds is 2. The molecule has 248 valence electrons. The molecule has 7 rings (SSSR count). The van der Waals surface area contributed by atoms with Crippen molar-refractivity contribution in [2.24, 2.45) is 11.8 Å². The van der Waals surface area contributed by atoms with Gasteiger partial charge in [-0.15, -0.1) is 0 Å². The van der Waals surface area contributed by atoms with Gasteiger partial charge in [0, 0.05) is 41.3 Å². The third kappa shape index (κ3) is 6.40. The number of aliphatic hydroxyl groups is 1. The van der Waals surface area contributed by atoms with Crippen molar-refractivity contribution < 1.29 is 23.1 Å². The molecule has 4 aliphatic rings. The molecule has 2 N–H and O–H groups in total. The van der Waals surface area contributed by atoms with Crippen LogP contribution in [0.25, 0.3) is 0 Å². The summed E-state index contributed by atoms with van der Waals surface area (Å²) in [5, 5.41) is 12.0. The number of pyridine rings is 1. The fourth-order valence-corrected chi connectivity index (χ4v) is 9.37. The molecule has 2 aliphatic carbocycles. The van der Waals surface area contributed by atoms with Crippen molar-refractivity contribution in [3.8, 4) is 5.75 Å². The minimum Gasteiger partial charge on any atom is -0.490 e. The number of amides is 1. The molecule has 0 radical (unpaired) electrons. The van der Waals surface area contributed by atoms with Crippen molar-refractivity contribution in [3.05, 3.63) is 100 Å². The second kappa shape index (κ2) is 12.9. The summed E-state index contributed by atoms with van der Waals surface area (Å²) in [6.07, 6.45) is 9.83. The van der Waals surface area contributed by atoms with Crippen LogP contribution in [0.1, 0.15) is 66.2 Å². The van der Waals surface area contributed by atoms with Crippen molar-refractivity contribution in [1.29, 1.82) is 0 Å². The molecular formula is C36H41ClN4O5S. The van der Waals surface area contributed by atoms with Gasteiger partial charge in [0.1, 0.15) is 5.75 Å². The third-order valence-electron chi connectivity index (χ3n) is 10.5. The number of carbonyl (C=O) groups is 1. The molecule has 1 aromatic heterocycles. The number of anilines is 1. The summed E-state index contributed by atoms with van der Waals surface area (Å²) < 4.78 is 37.8. The monoisotopic (exact) mass is 676 g/mol. The number of halogens is 1. The summed E-state index contributed by atoms with van der Waals surface area (Å²) in [5.74, 6) is 0.275. The van der Waals surface area contributed by atoms with Crippen LogP contribution in [0.4, 0.5) is 5.69 Å². The van der Waals surface area contributed by atoms with Crippen LogP contribution >= 0.6 is 11.6 Å². The fraction of sp³-hybridized carbons (Fsp3) is 0.444. The minimum absolute atomic E-state index is 0.00765. The number of aliphatic hydroxyl groups excluding tert-OH is 1. The second-order valence-corrected chi connectivity index (χ2v) is 15.7. The van der Waals surface area contributed by atoms with Gasteiger partial charge in [-0.2, -0.15) is 12.7 Å². The van der Waals surface area contributed by atoms with Crippen molar-refractivity contribution in [1.82, 2.24) is 14.0 Å². The highest BCUT2D eigenvalue weighted by Gasteiger charge is 2.44. The van der Waals surface area contributed by atoms with Gasteiger partial charge in [-0.1, -0.05) is 35.9 Å². The van der Waals surface area contributed by atoms with E-state index in [9.17, 15) is 18.3 Å². The Balaban J connectivity index is 1.28. The lowest BCUT2D eigenvalue weighted by molar-refractivity contribution is 0.0455. The summed E-state index contributed by atoms with van der Waals surface area (Å²) in [6, 6.07) is 16.1. The van der Waals surface area contributed by atoms with Crippen LogP contribution in [0.2, 0.25) is 5.02 Å². The van der Waals surface area contributed by atoms with Gasteiger partial charge in [0.2, 0.25) is 0 Å². The Kier molecular flexibility index (Phi) is 8.80. The predicted molar refractivity (Wildman–Crippen MR) is 182 cm³/mol. The molecule has 2 aromatic carbocycles. The average Bonchev–Trinajstić information content (AvgIpc) is 3.18. The van der Waals surface area contributed by atoms with E-state index in [0.717, 1.165) is 42.8 Å². The Morgan fingerprint density at radius 3 is 2.81 bits per heavy atom. The van der Waals surface area contributed by atoms with Gasteiger partial charge < -0.3 is 14.7 Å². The smallest absolute Gasteiger partial charge is 0.304 e. The number of ether oxygens (including phenoxy) is 1. The number of fused-ring (bicyclic) bond motifs is 4. The van der Waals surface area contributed by atoms with E-state index in [1.54, 1.807) is 49.5 Å². The first-order chi connectivity index (χ1) is 22.6. The lowest BCUT2D eigenvalue weighted by atomic mass is 9.68. The number of aromatic nitrogens is 1. The Bertz CT molecular complexity index is 1790. The van der Waals surface area contributed by atoms with E-state index in [1.807, 2.05) is 18.2 Å². The minimum atomic E-state index is -4.28. The fourth-order valence-electron chi connectivity index (χ4n) is 7.85. The van der Waals surface area contributed by atoms with Gasteiger partial charge in [0.25, 0.3) is 5.91 Å². The largest absolute Gasteiger partial charge is 0.490 e. The summed E-state index contributed by atoms with van der Waals surface area (Å²) in [6.45, 7) is 3.62. The standard InChI is InChI=1S/C36H41ClN4O5S/c1-24-6-4-9-33(42)30-13-10-27(30)20-40-22-36(16-5-7-25-18-28(37)12-14-31(25)36)23-46-34-15-11-26(19-32(34)40)35(43)39-47(44,45)41(24)21-29-8-2-3-17-38-29/h2-4,8-9,11-12,14-15,17-19,24,27,30,33,42H,5-7,10,13,16,20-23H2,1H3,(H,39,43)/b9-4-/t24-,27-,30+,33+,36-/m0/s1. The average molecular weight is 677 g/mol. The normalized spacial score (nSPS) is 29.8. The zero-order valence-corrected chi connectivity index (χ0v) is 28.1. The second-order valence-electron chi connectivity index (χ2n) is 13.6. The Labute approximate surface area is 281 Å². The Morgan fingerprint density at radius 2 is 2.02 bits per heavy atom. The predicted octanol–water partition coefficient (Wildman–Crippen LogP) is 5.42. The number of benzene rings is 2. The molecule has 5 atom stereocenters. The quantitative estimate of drug-likeness (QED) is 0.349. The molecule has 1 spiro atoms. The van der Waals surface area contributed by atoms with Crippen LogP contribution in [-0.2, 0) is 28.6 Å². The summed E-state index contributed by atoms with van der Waals surface area (Å²) in [5.41, 5.74) is 3.75. The van der Waals surface area contributed by atoms with E-state index in [2.05, 4.69) is 26.7 Å². The molecule has 1 saturated carbocycles. The van der Waals surface area contributed by atoms with Crippen LogP contribution in [0, 0.1) is 11.8 Å². The molecule has 1 fully saturated rings. The van der Waals surface area contributed by atoms with E-state index < -0.39 is 28.3 Å². The molecule has 0 unspecified atom stereocenters. The lowest BCUT2D eigenvalue weighted by Crippen LogP contribution is -2.49. The zero-order chi connectivity index (χ0) is 32.8. The molecule has 47 heavy (non-hydrogen) atoms. The molecule has 2 aliphatic heterocycles. The Hall–Kier alpha value is -3.44. The third-order valence-corrected chi connectivity index (χ3v) is 12.3. The zero-order valence-electron chi connectivity index (χ0n) is 26.5. The van der Waals surface area contributed by atoms with Crippen LogP contribution in [-0.4, -0.2) is 60.6 Å². The first kappa shape index (κ1) is 32.1. The molecule has 11 heteroatoms. The van der Waals surface area contributed by atoms with Gasteiger partial charge in [0.15, 0.2) is 0 Å². The number of nitrogens with one attached hydrogen (secondary N) is 1. The molecule has 9 nitrogen and oxygen atoms in total. The van der Waals surface area contributed by atoms with E-state index in [1.165, 1.54) is 15.4 Å². The van der Waals surface area contributed by atoms with Crippen molar-refractivity contribution in [2.45, 2.75) is 69.6 Å². The van der Waals surface area contributed by atoms with E-state index in [0.29, 0.717) is 37.6 Å². The van der Waals surface area contributed by atoms with Crippen LogP contribution in [0.15, 0.2) is 72.9 Å². The molecule has 2 bridgehead atoms. The molecular weight excluding hydrogens is 636 g/mol. The highest BCUT2D eigenvalue weighted by Crippen LogP contribution is 2.46. The first-order valence-electron chi connectivity index (χ1n) is 16.5. The number of nitrogens with zero attached hydrogens (tertiary/aromatic N) is 3. The van der Waals surface area contributed by atoms with E-state index in [-0.39, 0.29) is 29.4 Å². The molecule has 3 aromatic rings. The van der Waals surface area contributed by atoms with Gasteiger partial charge in [-0.05, 0) is 111 Å². The SMILES string of the molecule is C[C@H]1C/C=C\[C@@H](O)[C@@H]2CC[C@H]2CN2C[C@@]3(CCCc4cc(Cl)ccc43)COc3ccc(cc32)C(=O)NS(=O)(=O)N1Cc1ccccn1. The maximum absolute atomic E-state index is 13.8. The highest BCUT2D eigenvalue weighted by molar-refractivity contribution is 7.87. The van der Waals surface area contributed by atoms with Crippen molar-refractivity contribution >= 4 is 33.4 Å². The van der Waals surface area contributed by atoms with Crippen LogP contribution < -0.4 is 14.4 Å². The number of hydrogen-bond donors (Lipinski definition) is 2. The van der Waals surface area contributed by atoms with Crippen LogP contribution in [0.5, 0.6) is 5.75 Å². The molecule has 0 saturated heterocycles. The number of carbonyl (C=O) groups excluding carboxylic acids is 1. The van der Waals surface area contributed by atoms with Gasteiger partial charge >= 0.3 is 10.2 Å². The van der Waals surface area contributed by atoms with E-state index in [4.69, 9.17) is 16.3 Å². The summed E-state index contributed by atoms with van der Waals surface area (Å²) in [7, 11) is -4.28. The lowest BCUT2D eigenvalue weighted by Gasteiger charge is -2.45. The van der Waals surface area contributed by atoms with Gasteiger partial charge in [0.05, 0.1) is 30.6 Å². The number of aryl methyl sites for hydroxylation is 1. The molecule has 3 heterocycles. The summed E-state index contributed by atoms with van der Waals surface area (Å²) >= 11 is 6.41. The van der Waals surface area contributed by atoms with Gasteiger partial charge in [-0.25, -0.2) is 4.72 Å². The topological polar surface area (TPSA) is 112 Å². The maximum Gasteiger partial charge on any atom is 0.304 e. The van der Waals surface area contributed by atoms with Crippen molar-refractivity contribution in [2.75, 3.05) is 24.6 Å². The maximum atomic E-state index is 13.8. The molecule has 1 amide bonds. The van der Waals surface area contributed by atoms with Crippen LogP contribution in [0.3, 0.4) is 0 Å². The highest BCUT2D eigenvalue weighted by atomic mass is 35.5. The summed E-state index contributed by atoms with van der Waals surface area (Å²) in [4.78, 5) is 20.3. The van der Waals surface area contributed by atoms with E-state index >= 15 is 0 Å². The van der Waals surface area contributed by atoms with Crippen molar-refractivity contribution in [3.63, 3.8) is 0 Å². The number of hydrogen-bond acceptors (Lipinski definition) is 7. The Morgan fingerprint density at radius 1 is 1.15 bits per heavy atom. The first-order valence-corrected chi connectivity index (χ1v) is 18.3.